The third kappa shape index (κ3) is 9.52. The van der Waals surface area contributed by atoms with E-state index < -0.39 is 0 Å². The first-order chi connectivity index (χ1) is 15.9. The highest BCUT2D eigenvalue weighted by Crippen LogP contribution is 2.42. The smallest absolute Gasteiger partial charge is 0.0859 e. The maximum Gasteiger partial charge on any atom is 0.0859 e. The molecule has 1 unspecified atom stereocenters. The summed E-state index contributed by atoms with van der Waals surface area (Å²) in [6.45, 7) is 19.0. The summed E-state index contributed by atoms with van der Waals surface area (Å²) in [4.78, 5) is 0. The van der Waals surface area contributed by atoms with Crippen molar-refractivity contribution in [2.75, 3.05) is 13.2 Å². The van der Waals surface area contributed by atoms with Crippen molar-refractivity contribution in [2.45, 2.75) is 104 Å². The second kappa shape index (κ2) is 12.9. The zero-order valence-corrected chi connectivity index (χ0v) is 22.9. The van der Waals surface area contributed by atoms with Gasteiger partial charge in [-0.05, 0) is 77.3 Å². The molecule has 0 radical (unpaired) electrons. The fraction of sp³-hybridized carbons (Fsp3) is 0.613. The molecule has 0 spiro atoms. The van der Waals surface area contributed by atoms with E-state index >= 15 is 0 Å². The molecule has 3 heteroatoms. The predicted octanol–water partition coefficient (Wildman–Crippen LogP) is 8.18. The Balaban J connectivity index is 2.04. The van der Waals surface area contributed by atoms with E-state index in [2.05, 4.69) is 116 Å². The van der Waals surface area contributed by atoms with Crippen LogP contribution in [0.3, 0.4) is 0 Å². The van der Waals surface area contributed by atoms with Crippen molar-refractivity contribution in [3.63, 3.8) is 0 Å². The molecule has 190 valence electrons. The summed E-state index contributed by atoms with van der Waals surface area (Å²) in [6.07, 6.45) is 3.99. The van der Waals surface area contributed by atoms with Crippen molar-refractivity contribution in [1.29, 1.82) is 0 Å². The number of hydrogen-bond donors (Lipinski definition) is 0. The van der Waals surface area contributed by atoms with Crippen LogP contribution < -0.4 is 0 Å². The average molecular weight is 469 g/mol. The lowest BCUT2D eigenvalue weighted by Gasteiger charge is -2.45. The molecule has 1 atom stereocenters. The van der Waals surface area contributed by atoms with Gasteiger partial charge in [0.2, 0.25) is 0 Å². The summed E-state index contributed by atoms with van der Waals surface area (Å²) in [5.74, 6) is 0. The van der Waals surface area contributed by atoms with E-state index in [1.54, 1.807) is 0 Å². The Morgan fingerprint density at radius 1 is 0.765 bits per heavy atom. The molecule has 2 aromatic rings. The van der Waals surface area contributed by atoms with Crippen LogP contribution in [-0.2, 0) is 20.6 Å². The Morgan fingerprint density at radius 3 is 1.94 bits per heavy atom. The van der Waals surface area contributed by atoms with E-state index in [9.17, 15) is 0 Å². The van der Waals surface area contributed by atoms with Gasteiger partial charge in [0, 0.05) is 19.6 Å². The summed E-state index contributed by atoms with van der Waals surface area (Å²) in [5, 5.41) is 0. The van der Waals surface area contributed by atoms with Crippen molar-refractivity contribution in [3.8, 4) is 0 Å². The third-order valence-electron chi connectivity index (χ3n) is 7.04. The Bertz CT molecular complexity index is 809. The third-order valence-corrected chi connectivity index (χ3v) is 7.04. The van der Waals surface area contributed by atoms with Crippen molar-refractivity contribution in [1.82, 2.24) is 0 Å². The highest BCUT2D eigenvalue weighted by molar-refractivity contribution is 5.18. The summed E-state index contributed by atoms with van der Waals surface area (Å²) in [7, 11) is 0. The molecule has 0 saturated heterocycles. The molecule has 0 heterocycles. The van der Waals surface area contributed by atoms with Crippen LogP contribution >= 0.6 is 0 Å². The van der Waals surface area contributed by atoms with Gasteiger partial charge in [0.05, 0.1) is 23.4 Å². The van der Waals surface area contributed by atoms with Gasteiger partial charge in [0.15, 0.2) is 0 Å². The normalized spacial score (nSPS) is 13.9. The average Bonchev–Trinajstić information content (AvgIpc) is 2.77. The lowest BCUT2D eigenvalue weighted by atomic mass is 9.74. The SMILES string of the molecule is CC(C)OCCC(C)(C)C(C)(C)OC(CC(C)(C)OCCCc1ccccc1)c1ccccc1. The summed E-state index contributed by atoms with van der Waals surface area (Å²) < 4.78 is 19.2. The standard InChI is InChI=1S/C31H48O3/c1-25(2)32-23-21-29(3,4)31(7,8)34-28(27-19-13-10-14-20-27)24-30(5,6)33-22-15-18-26-16-11-9-12-17-26/h9-14,16-17,19-20,25,28H,15,18,21-24H2,1-8H3. The summed E-state index contributed by atoms with van der Waals surface area (Å²) >= 11 is 0. The van der Waals surface area contributed by atoms with Crippen LogP contribution in [0.25, 0.3) is 0 Å². The molecule has 0 amide bonds. The fourth-order valence-corrected chi connectivity index (χ4v) is 4.04. The summed E-state index contributed by atoms with van der Waals surface area (Å²) in [5.41, 5.74) is 1.89. The first-order valence-electron chi connectivity index (χ1n) is 12.9. The lowest BCUT2D eigenvalue weighted by Crippen LogP contribution is -2.44. The van der Waals surface area contributed by atoms with Crippen LogP contribution in [0.1, 0.15) is 91.9 Å². The van der Waals surface area contributed by atoms with Crippen LogP contribution in [-0.4, -0.2) is 30.5 Å². The summed E-state index contributed by atoms with van der Waals surface area (Å²) in [6, 6.07) is 21.2. The van der Waals surface area contributed by atoms with E-state index in [1.807, 2.05) is 0 Å². The van der Waals surface area contributed by atoms with Crippen molar-refractivity contribution in [2.24, 2.45) is 5.41 Å². The van der Waals surface area contributed by atoms with E-state index in [4.69, 9.17) is 14.2 Å². The van der Waals surface area contributed by atoms with Gasteiger partial charge in [-0.2, -0.15) is 0 Å². The van der Waals surface area contributed by atoms with Gasteiger partial charge >= 0.3 is 0 Å². The highest BCUT2D eigenvalue weighted by atomic mass is 16.5. The Morgan fingerprint density at radius 2 is 1.35 bits per heavy atom. The zero-order valence-electron chi connectivity index (χ0n) is 22.9. The minimum atomic E-state index is -0.336. The van der Waals surface area contributed by atoms with Crippen molar-refractivity contribution < 1.29 is 14.2 Å². The van der Waals surface area contributed by atoms with Crippen molar-refractivity contribution >= 4 is 0 Å². The van der Waals surface area contributed by atoms with Crippen LogP contribution in [0.5, 0.6) is 0 Å². The Kier molecular flexibility index (Phi) is 10.8. The van der Waals surface area contributed by atoms with E-state index in [0.29, 0.717) is 0 Å². The van der Waals surface area contributed by atoms with Crippen molar-refractivity contribution in [3.05, 3.63) is 71.8 Å². The van der Waals surface area contributed by atoms with Gasteiger partial charge in [-0.15, -0.1) is 0 Å². The van der Waals surface area contributed by atoms with Gasteiger partial charge in [-0.1, -0.05) is 74.5 Å². The molecule has 0 bridgehead atoms. The molecule has 34 heavy (non-hydrogen) atoms. The van der Waals surface area contributed by atoms with Gasteiger partial charge in [-0.25, -0.2) is 0 Å². The maximum absolute atomic E-state index is 6.92. The molecule has 0 N–H and O–H groups in total. The number of aryl methyl sites for hydroxylation is 1. The van der Waals surface area contributed by atoms with E-state index in [1.165, 1.54) is 11.1 Å². The highest BCUT2D eigenvalue weighted by Gasteiger charge is 2.41. The number of rotatable bonds is 15. The molecule has 0 aliphatic carbocycles. The van der Waals surface area contributed by atoms with Gasteiger partial charge in [0.25, 0.3) is 0 Å². The number of benzene rings is 2. The van der Waals surface area contributed by atoms with Gasteiger partial charge in [-0.3, -0.25) is 0 Å². The monoisotopic (exact) mass is 468 g/mol. The van der Waals surface area contributed by atoms with Gasteiger partial charge in [0.1, 0.15) is 0 Å². The molecule has 0 aliphatic heterocycles. The van der Waals surface area contributed by atoms with Crippen LogP contribution in [0.15, 0.2) is 60.7 Å². The first-order valence-corrected chi connectivity index (χ1v) is 12.9. The van der Waals surface area contributed by atoms with Crippen LogP contribution in [0.2, 0.25) is 0 Å². The van der Waals surface area contributed by atoms with Gasteiger partial charge < -0.3 is 14.2 Å². The van der Waals surface area contributed by atoms with Crippen LogP contribution in [0.4, 0.5) is 0 Å². The number of hydrogen-bond acceptors (Lipinski definition) is 3. The maximum atomic E-state index is 6.92. The molecule has 2 rings (SSSR count). The molecule has 0 aliphatic rings. The quantitative estimate of drug-likeness (QED) is 0.247. The minimum Gasteiger partial charge on any atom is -0.379 e. The lowest BCUT2D eigenvalue weighted by molar-refractivity contribution is -0.165. The molecule has 0 saturated carbocycles. The molecule has 2 aromatic carbocycles. The fourth-order valence-electron chi connectivity index (χ4n) is 4.04. The van der Waals surface area contributed by atoms with E-state index in [-0.39, 0.29) is 28.8 Å². The number of ether oxygens (including phenoxy) is 3. The first kappa shape index (κ1) is 28.6. The molecule has 3 nitrogen and oxygen atoms in total. The molecule has 0 aromatic heterocycles. The predicted molar refractivity (Wildman–Crippen MR) is 143 cm³/mol. The van der Waals surface area contributed by atoms with E-state index in [0.717, 1.165) is 38.9 Å². The minimum absolute atomic E-state index is 0.0460. The zero-order chi connectivity index (χ0) is 25.2. The Labute approximate surface area is 209 Å². The van der Waals surface area contributed by atoms with Crippen LogP contribution in [0, 0.1) is 5.41 Å². The molecular formula is C31H48O3. The topological polar surface area (TPSA) is 27.7 Å². The largest absolute Gasteiger partial charge is 0.379 e. The second-order valence-electron chi connectivity index (χ2n) is 11.5. The second-order valence-corrected chi connectivity index (χ2v) is 11.5. The Hall–Kier alpha value is -1.68. The molecular weight excluding hydrogens is 420 g/mol. The molecule has 0 fully saturated rings.